The van der Waals surface area contributed by atoms with Crippen LogP contribution in [0, 0.1) is 11.7 Å². The molecule has 2 aliphatic rings. The second-order valence-corrected chi connectivity index (χ2v) is 9.91. The van der Waals surface area contributed by atoms with E-state index >= 15 is 0 Å². The highest BCUT2D eigenvalue weighted by Gasteiger charge is 2.38. The minimum Gasteiger partial charge on any atom is -0.491 e. The average Bonchev–Trinajstić information content (AvgIpc) is 3.28. The molecule has 9 heteroatoms. The van der Waals surface area contributed by atoms with Crippen molar-refractivity contribution in [2.75, 3.05) is 13.2 Å². The van der Waals surface area contributed by atoms with Crippen LogP contribution >= 0.6 is 0 Å². The Morgan fingerprint density at radius 3 is 2.68 bits per heavy atom. The zero-order valence-electron chi connectivity index (χ0n) is 21.0. The number of halogens is 1. The van der Waals surface area contributed by atoms with Gasteiger partial charge in [-0.25, -0.2) is 4.39 Å². The average molecular weight is 512 g/mol. The summed E-state index contributed by atoms with van der Waals surface area (Å²) in [6.07, 6.45) is 1.33. The third-order valence-electron chi connectivity index (χ3n) is 6.92. The molecule has 0 aliphatic carbocycles. The number of aliphatic hydroxyl groups excluding tert-OH is 1. The van der Waals surface area contributed by atoms with Gasteiger partial charge in [0, 0.05) is 32.5 Å². The number of carbonyl (C=O) groups excluding carboxylic acids is 3. The highest BCUT2D eigenvalue weighted by atomic mass is 19.1. The molecule has 198 valence electrons. The van der Waals surface area contributed by atoms with Crippen molar-refractivity contribution in [2.45, 2.75) is 63.8 Å². The van der Waals surface area contributed by atoms with Crippen LogP contribution in [0.5, 0.6) is 5.75 Å². The number of carbonyl (C=O) groups is 3. The van der Waals surface area contributed by atoms with Crippen LogP contribution in [0.15, 0.2) is 48.5 Å². The van der Waals surface area contributed by atoms with E-state index in [1.807, 2.05) is 30.3 Å². The molecule has 2 heterocycles. The summed E-state index contributed by atoms with van der Waals surface area (Å²) in [5, 5.41) is 16.8. The van der Waals surface area contributed by atoms with Crippen LogP contribution in [0.2, 0.25) is 0 Å². The van der Waals surface area contributed by atoms with Gasteiger partial charge >= 0.3 is 0 Å². The normalized spacial score (nSPS) is 21.3. The first-order chi connectivity index (χ1) is 17.8. The second-order valence-electron chi connectivity index (χ2n) is 9.91. The van der Waals surface area contributed by atoms with Gasteiger partial charge in [-0.15, -0.1) is 0 Å². The Labute approximate surface area is 216 Å². The predicted molar refractivity (Wildman–Crippen MR) is 135 cm³/mol. The van der Waals surface area contributed by atoms with Gasteiger partial charge in [0.15, 0.2) is 0 Å². The van der Waals surface area contributed by atoms with E-state index in [9.17, 15) is 23.9 Å². The Morgan fingerprint density at radius 1 is 1.19 bits per heavy atom. The standard InChI is InChI=1S/C28H34FN3O5/c1-18(33)30-25(14-20-12-21(29)15-23(13-20)37-17-22-9-10-26(34)31-22)27(35)24-8-5-11-32(28(24)36)16-19-6-3-2-4-7-19/h2-4,6-7,12-13,15,22,24-25,27,35H,5,8-11,14,16-17H2,1H3,(H,30,33)(H,31,34)/t22-,24-,25-,27+/m0/s1. The fraction of sp³-hybridized carbons (Fsp3) is 0.464. The van der Waals surface area contributed by atoms with Gasteiger partial charge in [-0.05, 0) is 48.9 Å². The summed E-state index contributed by atoms with van der Waals surface area (Å²) in [6.45, 7) is 2.63. The van der Waals surface area contributed by atoms with E-state index in [4.69, 9.17) is 4.74 Å². The van der Waals surface area contributed by atoms with Crippen molar-refractivity contribution >= 4 is 17.7 Å². The van der Waals surface area contributed by atoms with Crippen LogP contribution < -0.4 is 15.4 Å². The third-order valence-corrected chi connectivity index (χ3v) is 6.92. The van der Waals surface area contributed by atoms with E-state index in [1.165, 1.54) is 19.1 Å². The molecule has 2 saturated heterocycles. The monoisotopic (exact) mass is 511 g/mol. The number of benzene rings is 2. The van der Waals surface area contributed by atoms with Crippen LogP contribution in [-0.2, 0) is 27.3 Å². The molecule has 0 unspecified atom stereocenters. The van der Waals surface area contributed by atoms with Crippen LogP contribution in [0.3, 0.4) is 0 Å². The Kier molecular flexibility index (Phi) is 8.76. The van der Waals surface area contributed by atoms with E-state index in [-0.39, 0.29) is 36.8 Å². The summed E-state index contributed by atoms with van der Waals surface area (Å²) >= 11 is 0. The number of ether oxygens (including phenoxy) is 1. The largest absolute Gasteiger partial charge is 0.491 e. The first-order valence-electron chi connectivity index (χ1n) is 12.8. The zero-order chi connectivity index (χ0) is 26.4. The van der Waals surface area contributed by atoms with Crippen molar-refractivity contribution in [2.24, 2.45) is 5.92 Å². The number of likely N-dealkylation sites (tertiary alicyclic amines) is 1. The van der Waals surface area contributed by atoms with Gasteiger partial charge in [0.25, 0.3) is 0 Å². The van der Waals surface area contributed by atoms with E-state index in [2.05, 4.69) is 10.6 Å². The number of nitrogens with zero attached hydrogens (tertiary/aromatic N) is 1. The van der Waals surface area contributed by atoms with Gasteiger partial charge in [-0.1, -0.05) is 30.3 Å². The molecule has 2 aromatic carbocycles. The lowest BCUT2D eigenvalue weighted by Crippen LogP contribution is -2.53. The van der Waals surface area contributed by atoms with Crippen molar-refractivity contribution in [1.29, 1.82) is 0 Å². The fourth-order valence-corrected chi connectivity index (χ4v) is 5.12. The summed E-state index contributed by atoms with van der Waals surface area (Å²) in [4.78, 5) is 38.4. The maximum absolute atomic E-state index is 14.4. The molecule has 3 amide bonds. The first-order valence-corrected chi connectivity index (χ1v) is 12.8. The molecular formula is C28H34FN3O5. The van der Waals surface area contributed by atoms with E-state index in [0.717, 1.165) is 12.0 Å². The van der Waals surface area contributed by atoms with Crippen molar-refractivity contribution in [3.63, 3.8) is 0 Å². The Morgan fingerprint density at radius 2 is 1.97 bits per heavy atom. The van der Waals surface area contributed by atoms with E-state index in [1.54, 1.807) is 11.0 Å². The van der Waals surface area contributed by atoms with Gasteiger partial charge < -0.3 is 25.4 Å². The highest BCUT2D eigenvalue weighted by Crippen LogP contribution is 2.27. The number of hydrogen-bond acceptors (Lipinski definition) is 5. The highest BCUT2D eigenvalue weighted by molar-refractivity contribution is 5.80. The van der Waals surface area contributed by atoms with Crippen LogP contribution in [-0.4, -0.2) is 59.1 Å². The maximum atomic E-state index is 14.4. The van der Waals surface area contributed by atoms with E-state index in [0.29, 0.717) is 43.7 Å². The molecule has 2 aliphatic heterocycles. The molecule has 0 bridgehead atoms. The molecular weight excluding hydrogens is 477 g/mol. The topological polar surface area (TPSA) is 108 Å². The lowest BCUT2D eigenvalue weighted by atomic mass is 9.85. The Bertz CT molecular complexity index is 1110. The molecule has 2 aromatic rings. The summed E-state index contributed by atoms with van der Waals surface area (Å²) < 4.78 is 20.1. The third kappa shape index (κ3) is 7.29. The van der Waals surface area contributed by atoms with Crippen LogP contribution in [0.25, 0.3) is 0 Å². The van der Waals surface area contributed by atoms with Gasteiger partial charge in [0.05, 0.1) is 24.1 Å². The molecule has 0 saturated carbocycles. The number of piperidine rings is 1. The number of amides is 3. The summed E-state index contributed by atoms with van der Waals surface area (Å²) in [5.41, 5.74) is 1.53. The number of rotatable bonds is 10. The molecule has 37 heavy (non-hydrogen) atoms. The fourth-order valence-electron chi connectivity index (χ4n) is 5.12. The second kappa shape index (κ2) is 12.2. The van der Waals surface area contributed by atoms with Gasteiger partial charge in [0.1, 0.15) is 18.2 Å². The Balaban J connectivity index is 1.45. The predicted octanol–water partition coefficient (Wildman–Crippen LogP) is 2.33. The first kappa shape index (κ1) is 26.6. The molecule has 2 fully saturated rings. The molecule has 3 N–H and O–H groups in total. The summed E-state index contributed by atoms with van der Waals surface area (Å²) in [7, 11) is 0. The minimum absolute atomic E-state index is 0.0275. The van der Waals surface area contributed by atoms with Crippen molar-refractivity contribution in [1.82, 2.24) is 15.5 Å². The molecule has 0 aromatic heterocycles. The van der Waals surface area contributed by atoms with Crippen molar-refractivity contribution in [3.05, 3.63) is 65.5 Å². The SMILES string of the molecule is CC(=O)N[C@@H](Cc1cc(F)cc(OC[C@@H]2CCC(=O)N2)c1)[C@H](O)[C@@H]1CCCN(Cc2ccccc2)C1=O. The van der Waals surface area contributed by atoms with Crippen LogP contribution in [0.4, 0.5) is 4.39 Å². The number of hydrogen-bond donors (Lipinski definition) is 3. The lowest BCUT2D eigenvalue weighted by molar-refractivity contribution is -0.145. The number of aliphatic hydroxyl groups is 1. The smallest absolute Gasteiger partial charge is 0.228 e. The van der Waals surface area contributed by atoms with Gasteiger partial charge in [0.2, 0.25) is 17.7 Å². The summed E-state index contributed by atoms with van der Waals surface area (Å²) in [5.74, 6) is -1.42. The van der Waals surface area contributed by atoms with Gasteiger partial charge in [-0.3, -0.25) is 14.4 Å². The Hall–Kier alpha value is -3.46. The van der Waals surface area contributed by atoms with E-state index < -0.39 is 23.9 Å². The van der Waals surface area contributed by atoms with Crippen molar-refractivity contribution in [3.8, 4) is 5.75 Å². The van der Waals surface area contributed by atoms with Gasteiger partial charge in [-0.2, -0.15) is 0 Å². The zero-order valence-corrected chi connectivity index (χ0v) is 21.0. The molecule has 4 atom stereocenters. The quantitative estimate of drug-likeness (QED) is 0.454. The lowest BCUT2D eigenvalue weighted by Gasteiger charge is -2.37. The van der Waals surface area contributed by atoms with Crippen LogP contribution in [0.1, 0.15) is 43.7 Å². The minimum atomic E-state index is -1.14. The molecule has 4 rings (SSSR count). The molecule has 0 spiro atoms. The van der Waals surface area contributed by atoms with Crippen molar-refractivity contribution < 1.29 is 28.6 Å². The maximum Gasteiger partial charge on any atom is 0.228 e. The number of nitrogens with one attached hydrogen (secondary N) is 2. The summed E-state index contributed by atoms with van der Waals surface area (Å²) in [6, 6.07) is 13.0. The molecule has 8 nitrogen and oxygen atoms in total. The molecule has 0 radical (unpaired) electrons.